The summed E-state index contributed by atoms with van der Waals surface area (Å²) >= 11 is 1.71. The maximum Gasteiger partial charge on any atom is 0.254 e. The van der Waals surface area contributed by atoms with Crippen molar-refractivity contribution in [1.82, 2.24) is 9.88 Å². The molecule has 0 aliphatic carbocycles. The molecule has 0 N–H and O–H groups in total. The molecule has 1 unspecified atom stereocenters. The van der Waals surface area contributed by atoms with E-state index in [0.29, 0.717) is 0 Å². The number of nitrogens with zero attached hydrogens (tertiary/aromatic N) is 2. The molecule has 1 atom stereocenters. The minimum atomic E-state index is 0.111. The largest absolute Gasteiger partial charge is 0.329 e. The number of aryl methyl sites for hydroxylation is 1. The van der Waals surface area contributed by atoms with Crippen LogP contribution in [0.1, 0.15) is 39.8 Å². The van der Waals surface area contributed by atoms with Crippen molar-refractivity contribution in [1.29, 1.82) is 0 Å². The molecule has 116 valence electrons. The number of carbonyl (C=O) groups is 1. The Labute approximate surface area is 139 Å². The summed E-state index contributed by atoms with van der Waals surface area (Å²) in [5.41, 5.74) is 2.87. The molecule has 1 fully saturated rings. The third kappa shape index (κ3) is 2.53. The van der Waals surface area contributed by atoms with E-state index in [9.17, 15) is 4.79 Å². The Morgan fingerprint density at radius 3 is 2.78 bits per heavy atom. The van der Waals surface area contributed by atoms with Gasteiger partial charge in [-0.2, -0.15) is 0 Å². The number of thiazole rings is 1. The van der Waals surface area contributed by atoms with Crippen LogP contribution in [0.4, 0.5) is 0 Å². The summed E-state index contributed by atoms with van der Waals surface area (Å²) in [6.45, 7) is 2.81. The molecule has 0 saturated carbocycles. The first-order valence-corrected chi connectivity index (χ1v) is 8.78. The summed E-state index contributed by atoms with van der Waals surface area (Å²) in [6.07, 6.45) is 2.04. The molecule has 2 heterocycles. The molecule has 1 aromatic heterocycles. The lowest BCUT2D eigenvalue weighted by atomic mass is 10.1. The maximum absolute atomic E-state index is 13.0. The quantitative estimate of drug-likeness (QED) is 0.692. The fraction of sp³-hybridized carbons (Fsp3) is 0.263. The summed E-state index contributed by atoms with van der Waals surface area (Å²) in [5, 5.41) is 1.06. The van der Waals surface area contributed by atoms with Crippen LogP contribution < -0.4 is 0 Å². The Balaban J connectivity index is 1.69. The number of hydrogen-bond acceptors (Lipinski definition) is 3. The second-order valence-corrected chi connectivity index (χ2v) is 7.05. The number of para-hydroxylation sites is 1. The van der Waals surface area contributed by atoms with Gasteiger partial charge in [-0.05, 0) is 43.5 Å². The summed E-state index contributed by atoms with van der Waals surface area (Å²) in [6, 6.07) is 16.1. The van der Waals surface area contributed by atoms with E-state index < -0.39 is 0 Å². The highest BCUT2D eigenvalue weighted by Gasteiger charge is 2.33. The number of carbonyl (C=O) groups excluding carboxylic acids is 1. The zero-order valence-electron chi connectivity index (χ0n) is 13.0. The van der Waals surface area contributed by atoms with Gasteiger partial charge in [0.15, 0.2) is 0 Å². The van der Waals surface area contributed by atoms with Gasteiger partial charge in [-0.3, -0.25) is 4.79 Å². The van der Waals surface area contributed by atoms with Gasteiger partial charge in [0.1, 0.15) is 5.01 Å². The number of fused-ring (bicyclic) bond motifs is 1. The third-order valence-corrected chi connectivity index (χ3v) is 5.62. The summed E-state index contributed by atoms with van der Waals surface area (Å²) < 4.78 is 1.19. The van der Waals surface area contributed by atoms with Gasteiger partial charge in [0, 0.05) is 12.1 Å². The molecule has 1 aliphatic rings. The first-order chi connectivity index (χ1) is 11.2. The average Bonchev–Trinajstić information content (AvgIpc) is 3.21. The average molecular weight is 322 g/mol. The van der Waals surface area contributed by atoms with Gasteiger partial charge in [0.2, 0.25) is 0 Å². The SMILES string of the molecule is Cc1ccccc1C(=O)N1CCCC1c1nc2ccccc2s1. The monoisotopic (exact) mass is 322 g/mol. The maximum atomic E-state index is 13.0. The molecule has 1 saturated heterocycles. The molecule has 3 aromatic rings. The van der Waals surface area contributed by atoms with Crippen molar-refractivity contribution in [3.8, 4) is 0 Å². The van der Waals surface area contributed by atoms with Crippen molar-refractivity contribution < 1.29 is 4.79 Å². The van der Waals surface area contributed by atoms with Crippen molar-refractivity contribution in [2.24, 2.45) is 0 Å². The Bertz CT molecular complexity index is 837. The van der Waals surface area contributed by atoms with Crippen LogP contribution in [0.3, 0.4) is 0 Å². The second kappa shape index (κ2) is 5.78. The van der Waals surface area contributed by atoms with E-state index in [1.807, 2.05) is 54.3 Å². The van der Waals surface area contributed by atoms with E-state index >= 15 is 0 Å². The van der Waals surface area contributed by atoms with E-state index in [4.69, 9.17) is 4.98 Å². The molecule has 1 amide bonds. The number of amides is 1. The van der Waals surface area contributed by atoms with Crippen LogP contribution in [0.15, 0.2) is 48.5 Å². The molecule has 0 bridgehead atoms. The van der Waals surface area contributed by atoms with Crippen LogP contribution in [0.25, 0.3) is 10.2 Å². The Hall–Kier alpha value is -2.20. The normalized spacial score (nSPS) is 17.8. The third-order valence-electron chi connectivity index (χ3n) is 4.48. The predicted molar refractivity (Wildman–Crippen MR) is 93.8 cm³/mol. The molecule has 0 spiro atoms. The van der Waals surface area contributed by atoms with Crippen molar-refractivity contribution >= 4 is 27.5 Å². The lowest BCUT2D eigenvalue weighted by Crippen LogP contribution is -2.31. The fourth-order valence-electron chi connectivity index (χ4n) is 3.27. The summed E-state index contributed by atoms with van der Waals surface area (Å²) in [4.78, 5) is 19.7. The van der Waals surface area contributed by atoms with Gasteiger partial charge in [-0.1, -0.05) is 30.3 Å². The first-order valence-electron chi connectivity index (χ1n) is 7.96. The number of benzene rings is 2. The van der Waals surface area contributed by atoms with E-state index in [-0.39, 0.29) is 11.9 Å². The molecular formula is C19H18N2OS. The van der Waals surface area contributed by atoms with Gasteiger partial charge in [0.05, 0.1) is 16.3 Å². The van der Waals surface area contributed by atoms with Crippen LogP contribution in [0, 0.1) is 6.92 Å². The minimum Gasteiger partial charge on any atom is -0.329 e. The highest BCUT2D eigenvalue weighted by molar-refractivity contribution is 7.18. The Morgan fingerprint density at radius 2 is 1.96 bits per heavy atom. The predicted octanol–water partition coefficient (Wildman–Crippen LogP) is 4.58. The molecule has 1 aliphatic heterocycles. The Kier molecular flexibility index (Phi) is 3.62. The standard InChI is InChI=1S/C19H18N2OS/c1-13-7-2-3-8-14(13)19(22)21-12-6-10-16(21)18-20-15-9-4-5-11-17(15)23-18/h2-5,7-9,11,16H,6,10,12H2,1H3. The lowest BCUT2D eigenvalue weighted by Gasteiger charge is -2.23. The van der Waals surface area contributed by atoms with Crippen molar-refractivity contribution in [2.75, 3.05) is 6.54 Å². The van der Waals surface area contributed by atoms with E-state index in [1.165, 1.54) is 4.70 Å². The Morgan fingerprint density at radius 1 is 1.17 bits per heavy atom. The first kappa shape index (κ1) is 14.4. The molecule has 0 radical (unpaired) electrons. The van der Waals surface area contributed by atoms with E-state index in [0.717, 1.165) is 41.0 Å². The zero-order valence-corrected chi connectivity index (χ0v) is 13.8. The van der Waals surface area contributed by atoms with Crippen LogP contribution in [0.2, 0.25) is 0 Å². The number of likely N-dealkylation sites (tertiary alicyclic amines) is 1. The number of hydrogen-bond donors (Lipinski definition) is 0. The highest BCUT2D eigenvalue weighted by Crippen LogP contribution is 2.37. The van der Waals surface area contributed by atoms with Crippen LogP contribution in [0.5, 0.6) is 0 Å². The number of aromatic nitrogens is 1. The van der Waals surface area contributed by atoms with Crippen LogP contribution >= 0.6 is 11.3 Å². The second-order valence-electron chi connectivity index (χ2n) is 5.99. The van der Waals surface area contributed by atoms with E-state index in [2.05, 4.69) is 6.07 Å². The molecular weight excluding hydrogens is 304 g/mol. The smallest absolute Gasteiger partial charge is 0.254 e. The zero-order chi connectivity index (χ0) is 15.8. The van der Waals surface area contributed by atoms with Gasteiger partial charge >= 0.3 is 0 Å². The molecule has 3 nitrogen and oxygen atoms in total. The molecule has 4 rings (SSSR count). The fourth-order valence-corrected chi connectivity index (χ4v) is 4.38. The topological polar surface area (TPSA) is 33.2 Å². The number of rotatable bonds is 2. The van der Waals surface area contributed by atoms with Gasteiger partial charge in [-0.25, -0.2) is 4.98 Å². The molecule has 23 heavy (non-hydrogen) atoms. The van der Waals surface area contributed by atoms with Crippen molar-refractivity contribution in [3.05, 3.63) is 64.7 Å². The van der Waals surface area contributed by atoms with Crippen LogP contribution in [-0.2, 0) is 0 Å². The molecule has 2 aromatic carbocycles. The van der Waals surface area contributed by atoms with Gasteiger partial charge < -0.3 is 4.90 Å². The van der Waals surface area contributed by atoms with Crippen molar-refractivity contribution in [2.45, 2.75) is 25.8 Å². The van der Waals surface area contributed by atoms with Crippen LogP contribution in [-0.4, -0.2) is 22.3 Å². The van der Waals surface area contributed by atoms with Crippen molar-refractivity contribution in [3.63, 3.8) is 0 Å². The lowest BCUT2D eigenvalue weighted by molar-refractivity contribution is 0.0735. The summed E-state index contributed by atoms with van der Waals surface area (Å²) in [7, 11) is 0. The minimum absolute atomic E-state index is 0.111. The summed E-state index contributed by atoms with van der Waals surface area (Å²) in [5.74, 6) is 0.129. The van der Waals surface area contributed by atoms with Gasteiger partial charge in [-0.15, -0.1) is 11.3 Å². The highest BCUT2D eigenvalue weighted by atomic mass is 32.1. The molecule has 4 heteroatoms. The van der Waals surface area contributed by atoms with Gasteiger partial charge in [0.25, 0.3) is 5.91 Å². The van der Waals surface area contributed by atoms with E-state index in [1.54, 1.807) is 11.3 Å².